The average Bonchev–Trinajstić information content (AvgIpc) is 3.19. The molecule has 0 spiro atoms. The molecule has 126 valence electrons. The normalized spacial score (nSPS) is 19.7. The summed E-state index contributed by atoms with van der Waals surface area (Å²) in [6.45, 7) is 2.69. The first kappa shape index (κ1) is 16.2. The molecule has 0 radical (unpaired) electrons. The van der Waals surface area contributed by atoms with Gasteiger partial charge >= 0.3 is 0 Å². The Balaban J connectivity index is 1.80. The second-order valence-corrected chi connectivity index (χ2v) is 7.99. The van der Waals surface area contributed by atoms with E-state index in [4.69, 9.17) is 4.42 Å². The molecule has 0 aromatic carbocycles. The summed E-state index contributed by atoms with van der Waals surface area (Å²) in [4.78, 5) is 0. The Hall–Kier alpha value is -1.64. The van der Waals surface area contributed by atoms with Crippen LogP contribution in [0.15, 0.2) is 28.9 Å². The Bertz CT molecular complexity index is 780. The van der Waals surface area contributed by atoms with Crippen molar-refractivity contribution in [2.45, 2.75) is 32.4 Å². The van der Waals surface area contributed by atoms with E-state index >= 15 is 0 Å². The summed E-state index contributed by atoms with van der Waals surface area (Å²) in [6, 6.07) is 3.53. The van der Waals surface area contributed by atoms with Gasteiger partial charge < -0.3 is 4.42 Å². The van der Waals surface area contributed by atoms with Crippen molar-refractivity contribution in [1.82, 2.24) is 18.4 Å². The van der Waals surface area contributed by atoms with Gasteiger partial charge in [-0.2, -0.15) is 22.1 Å². The summed E-state index contributed by atoms with van der Waals surface area (Å²) in [7, 11) is -0.131. The fourth-order valence-electron chi connectivity index (χ4n) is 3.00. The molecule has 8 heteroatoms. The van der Waals surface area contributed by atoms with Gasteiger partial charge in [0.2, 0.25) is 0 Å². The molecular formula is C15H22N4O3S. The van der Waals surface area contributed by atoms with Crippen LogP contribution < -0.4 is 0 Å². The van der Waals surface area contributed by atoms with E-state index in [0.717, 1.165) is 29.9 Å². The smallest absolute Gasteiger partial charge is 0.282 e. The van der Waals surface area contributed by atoms with Crippen LogP contribution in [0.3, 0.4) is 0 Å². The summed E-state index contributed by atoms with van der Waals surface area (Å²) in [5.41, 5.74) is 0.864. The van der Waals surface area contributed by atoms with E-state index in [1.807, 2.05) is 32.3 Å². The van der Waals surface area contributed by atoms with Crippen LogP contribution in [-0.2, 0) is 23.8 Å². The topological polar surface area (TPSA) is 71.6 Å². The Kier molecular flexibility index (Phi) is 4.31. The number of hydrogen-bond donors (Lipinski definition) is 0. The lowest BCUT2D eigenvalue weighted by Gasteiger charge is -2.27. The largest absolute Gasteiger partial charge is 0.465 e. The van der Waals surface area contributed by atoms with Gasteiger partial charge in [0.25, 0.3) is 10.2 Å². The van der Waals surface area contributed by atoms with E-state index < -0.39 is 10.2 Å². The standard InChI is InChI=1S/C15H22N4O3S/c1-12-6-7-15(22-12)14-5-4-8-19(14)23(20,21)18(3)11-13-9-16-17(2)10-13/h6-7,9-10,14H,4-5,8,11H2,1-3H3/t14-/m0/s1. The minimum atomic E-state index is -3.55. The van der Waals surface area contributed by atoms with Gasteiger partial charge in [-0.1, -0.05) is 0 Å². The van der Waals surface area contributed by atoms with Crippen molar-refractivity contribution < 1.29 is 12.8 Å². The highest BCUT2D eigenvalue weighted by Gasteiger charge is 2.39. The zero-order valence-corrected chi connectivity index (χ0v) is 14.5. The van der Waals surface area contributed by atoms with E-state index in [2.05, 4.69) is 5.10 Å². The molecule has 1 saturated heterocycles. The third-order valence-corrected chi connectivity index (χ3v) is 6.09. The maximum absolute atomic E-state index is 12.9. The van der Waals surface area contributed by atoms with Gasteiger partial charge in [-0.15, -0.1) is 0 Å². The van der Waals surface area contributed by atoms with Crippen LogP contribution in [0.5, 0.6) is 0 Å². The van der Waals surface area contributed by atoms with E-state index in [9.17, 15) is 8.42 Å². The first-order valence-corrected chi connectivity index (χ1v) is 9.04. The van der Waals surface area contributed by atoms with Gasteiger partial charge in [-0.3, -0.25) is 4.68 Å². The lowest BCUT2D eigenvalue weighted by atomic mass is 10.2. The van der Waals surface area contributed by atoms with Crippen LogP contribution in [0, 0.1) is 6.92 Å². The molecule has 3 rings (SSSR count). The Morgan fingerprint density at radius 1 is 1.43 bits per heavy atom. The quantitative estimate of drug-likeness (QED) is 0.834. The molecular weight excluding hydrogens is 316 g/mol. The number of aryl methyl sites for hydroxylation is 2. The molecule has 0 N–H and O–H groups in total. The first-order valence-electron chi connectivity index (χ1n) is 7.65. The molecule has 1 aliphatic rings. The zero-order valence-electron chi connectivity index (χ0n) is 13.6. The minimum Gasteiger partial charge on any atom is -0.465 e. The van der Waals surface area contributed by atoms with Crippen molar-refractivity contribution in [3.05, 3.63) is 41.6 Å². The molecule has 1 fully saturated rings. The van der Waals surface area contributed by atoms with Crippen molar-refractivity contribution in [2.24, 2.45) is 7.05 Å². The van der Waals surface area contributed by atoms with Gasteiger partial charge in [-0.25, -0.2) is 0 Å². The summed E-state index contributed by atoms with van der Waals surface area (Å²) in [5, 5.41) is 4.08. The Labute approximate surface area is 136 Å². The van der Waals surface area contributed by atoms with Crippen LogP contribution in [0.2, 0.25) is 0 Å². The highest BCUT2D eigenvalue weighted by atomic mass is 32.2. The molecule has 0 saturated carbocycles. The van der Waals surface area contributed by atoms with E-state index in [1.54, 1.807) is 22.2 Å². The molecule has 0 amide bonds. The van der Waals surface area contributed by atoms with Crippen molar-refractivity contribution >= 4 is 10.2 Å². The van der Waals surface area contributed by atoms with Crippen LogP contribution in [0.4, 0.5) is 0 Å². The third kappa shape index (κ3) is 3.19. The molecule has 2 aromatic heterocycles. The summed E-state index contributed by atoms with van der Waals surface area (Å²) in [5.74, 6) is 1.52. The number of aromatic nitrogens is 2. The maximum Gasteiger partial charge on any atom is 0.282 e. The van der Waals surface area contributed by atoms with Crippen LogP contribution in [0.1, 0.15) is 36.0 Å². The van der Waals surface area contributed by atoms with E-state index in [1.165, 1.54) is 4.31 Å². The highest BCUT2D eigenvalue weighted by molar-refractivity contribution is 7.86. The van der Waals surface area contributed by atoms with E-state index in [-0.39, 0.29) is 6.04 Å². The lowest BCUT2D eigenvalue weighted by Crippen LogP contribution is -2.41. The molecule has 3 heterocycles. The van der Waals surface area contributed by atoms with Gasteiger partial charge in [0.15, 0.2) is 0 Å². The summed E-state index contributed by atoms with van der Waals surface area (Å²) < 4.78 is 36.1. The predicted molar refractivity (Wildman–Crippen MR) is 85.7 cm³/mol. The van der Waals surface area contributed by atoms with Crippen molar-refractivity contribution in [3.63, 3.8) is 0 Å². The van der Waals surface area contributed by atoms with Gasteiger partial charge in [-0.05, 0) is 31.9 Å². The van der Waals surface area contributed by atoms with Crippen LogP contribution >= 0.6 is 0 Å². The molecule has 0 bridgehead atoms. The minimum absolute atomic E-state index is 0.218. The highest BCUT2D eigenvalue weighted by Crippen LogP contribution is 2.36. The number of furan rings is 1. The van der Waals surface area contributed by atoms with E-state index in [0.29, 0.717) is 13.1 Å². The lowest BCUT2D eigenvalue weighted by molar-refractivity contribution is 0.308. The molecule has 0 aliphatic carbocycles. The Morgan fingerprint density at radius 2 is 2.22 bits per heavy atom. The molecule has 7 nitrogen and oxygen atoms in total. The molecule has 0 unspecified atom stereocenters. The average molecular weight is 338 g/mol. The van der Waals surface area contributed by atoms with Crippen molar-refractivity contribution in [3.8, 4) is 0 Å². The second-order valence-electron chi connectivity index (χ2n) is 6.00. The fourth-order valence-corrected chi connectivity index (χ4v) is 4.57. The second kappa shape index (κ2) is 6.10. The summed E-state index contributed by atoms with van der Waals surface area (Å²) >= 11 is 0. The fraction of sp³-hybridized carbons (Fsp3) is 0.533. The molecule has 1 atom stereocenters. The van der Waals surface area contributed by atoms with Crippen LogP contribution in [0.25, 0.3) is 0 Å². The van der Waals surface area contributed by atoms with Crippen LogP contribution in [-0.4, -0.2) is 40.4 Å². The van der Waals surface area contributed by atoms with Crippen molar-refractivity contribution in [2.75, 3.05) is 13.6 Å². The first-order chi connectivity index (χ1) is 10.9. The van der Waals surface area contributed by atoms with Gasteiger partial charge in [0, 0.05) is 38.9 Å². The number of rotatable bonds is 5. The molecule has 23 heavy (non-hydrogen) atoms. The van der Waals surface area contributed by atoms with Crippen molar-refractivity contribution in [1.29, 1.82) is 0 Å². The molecule has 2 aromatic rings. The maximum atomic E-state index is 12.9. The predicted octanol–water partition coefficient (Wildman–Crippen LogP) is 1.84. The number of nitrogens with zero attached hydrogens (tertiary/aromatic N) is 4. The SMILES string of the molecule is Cc1ccc([C@@H]2CCCN2S(=O)(=O)N(C)Cc2cnn(C)c2)o1. The van der Waals surface area contributed by atoms with Gasteiger partial charge in [0.05, 0.1) is 12.2 Å². The Morgan fingerprint density at radius 3 is 2.83 bits per heavy atom. The third-order valence-electron chi connectivity index (χ3n) is 4.15. The number of hydrogen-bond acceptors (Lipinski definition) is 4. The van der Waals surface area contributed by atoms with Gasteiger partial charge in [0.1, 0.15) is 11.5 Å². The molecule has 1 aliphatic heterocycles. The monoisotopic (exact) mass is 338 g/mol. The zero-order chi connectivity index (χ0) is 16.6. The summed E-state index contributed by atoms with van der Waals surface area (Å²) in [6.07, 6.45) is 5.13.